The van der Waals surface area contributed by atoms with Crippen LogP contribution in [0, 0.1) is 10.1 Å². The SMILES string of the molecule is Cn1ccnc1C(Nc1ccc(S(C)(=O)=O)cc1[N+](=O)[O-])c1ccccc1. The predicted molar refractivity (Wildman–Crippen MR) is 101 cm³/mol. The predicted octanol–water partition coefficient (Wildman–Crippen LogP) is 2.93. The van der Waals surface area contributed by atoms with E-state index in [1.807, 2.05) is 41.9 Å². The third-order valence-corrected chi connectivity index (χ3v) is 5.25. The number of anilines is 1. The van der Waals surface area contributed by atoms with E-state index in [4.69, 9.17) is 0 Å². The Bertz CT molecular complexity index is 1080. The van der Waals surface area contributed by atoms with E-state index in [0.29, 0.717) is 5.82 Å². The van der Waals surface area contributed by atoms with E-state index in [-0.39, 0.29) is 16.3 Å². The molecule has 1 aromatic heterocycles. The molecule has 0 radical (unpaired) electrons. The Kier molecular flexibility index (Phi) is 4.95. The first-order chi connectivity index (χ1) is 12.8. The highest BCUT2D eigenvalue weighted by Gasteiger charge is 2.24. The quantitative estimate of drug-likeness (QED) is 0.516. The van der Waals surface area contributed by atoms with Crippen LogP contribution in [-0.4, -0.2) is 29.1 Å². The zero-order chi connectivity index (χ0) is 19.6. The fourth-order valence-electron chi connectivity index (χ4n) is 2.77. The topological polar surface area (TPSA) is 107 Å². The van der Waals surface area contributed by atoms with Crippen LogP contribution >= 0.6 is 0 Å². The minimum Gasteiger partial charge on any atom is -0.366 e. The van der Waals surface area contributed by atoms with Crippen molar-refractivity contribution in [3.63, 3.8) is 0 Å². The highest BCUT2D eigenvalue weighted by Crippen LogP contribution is 2.32. The van der Waals surface area contributed by atoms with Gasteiger partial charge in [-0.05, 0) is 17.7 Å². The number of rotatable bonds is 6. The van der Waals surface area contributed by atoms with Gasteiger partial charge in [0, 0.05) is 31.8 Å². The number of sulfone groups is 1. The van der Waals surface area contributed by atoms with Gasteiger partial charge in [-0.15, -0.1) is 0 Å². The summed E-state index contributed by atoms with van der Waals surface area (Å²) in [5.74, 6) is 0.669. The number of aryl methyl sites for hydroxylation is 1. The van der Waals surface area contributed by atoms with Crippen molar-refractivity contribution in [3.05, 3.63) is 82.4 Å². The van der Waals surface area contributed by atoms with Gasteiger partial charge in [0.05, 0.1) is 9.82 Å². The van der Waals surface area contributed by atoms with Crippen molar-refractivity contribution < 1.29 is 13.3 Å². The lowest BCUT2D eigenvalue weighted by molar-refractivity contribution is -0.384. The number of nitrogens with one attached hydrogen (secondary N) is 1. The van der Waals surface area contributed by atoms with Crippen molar-refractivity contribution in [1.29, 1.82) is 0 Å². The van der Waals surface area contributed by atoms with E-state index < -0.39 is 20.8 Å². The third-order valence-electron chi connectivity index (χ3n) is 4.14. The van der Waals surface area contributed by atoms with Crippen LogP contribution in [-0.2, 0) is 16.9 Å². The van der Waals surface area contributed by atoms with Gasteiger partial charge in [0.1, 0.15) is 17.6 Å². The van der Waals surface area contributed by atoms with E-state index in [1.165, 1.54) is 12.1 Å². The summed E-state index contributed by atoms with van der Waals surface area (Å²) >= 11 is 0. The fourth-order valence-corrected chi connectivity index (χ4v) is 3.41. The Balaban J connectivity index is 2.09. The Morgan fingerprint density at radius 2 is 1.89 bits per heavy atom. The lowest BCUT2D eigenvalue weighted by atomic mass is 10.1. The maximum atomic E-state index is 11.7. The lowest BCUT2D eigenvalue weighted by Gasteiger charge is -2.20. The maximum absolute atomic E-state index is 11.7. The zero-order valence-electron chi connectivity index (χ0n) is 14.7. The molecule has 0 aliphatic heterocycles. The number of nitrogens with zero attached hydrogens (tertiary/aromatic N) is 3. The van der Waals surface area contributed by atoms with Crippen molar-refractivity contribution in [3.8, 4) is 0 Å². The number of nitro groups is 1. The highest BCUT2D eigenvalue weighted by atomic mass is 32.2. The average molecular weight is 386 g/mol. The van der Waals surface area contributed by atoms with Gasteiger partial charge in [-0.2, -0.15) is 0 Å². The summed E-state index contributed by atoms with van der Waals surface area (Å²) in [6.45, 7) is 0. The van der Waals surface area contributed by atoms with E-state index in [1.54, 1.807) is 12.4 Å². The lowest BCUT2D eigenvalue weighted by Crippen LogP contribution is -2.17. The molecule has 0 spiro atoms. The van der Waals surface area contributed by atoms with Crippen LogP contribution in [0.25, 0.3) is 0 Å². The Labute approximate surface area is 156 Å². The molecule has 0 aliphatic carbocycles. The summed E-state index contributed by atoms with van der Waals surface area (Å²) in [6.07, 6.45) is 4.45. The molecule has 3 rings (SSSR count). The van der Waals surface area contributed by atoms with Crippen molar-refractivity contribution >= 4 is 21.2 Å². The van der Waals surface area contributed by atoms with E-state index >= 15 is 0 Å². The molecule has 0 aliphatic rings. The smallest absolute Gasteiger partial charge is 0.293 e. The zero-order valence-corrected chi connectivity index (χ0v) is 15.6. The molecule has 0 amide bonds. The van der Waals surface area contributed by atoms with Crippen molar-refractivity contribution in [2.75, 3.05) is 11.6 Å². The maximum Gasteiger partial charge on any atom is 0.293 e. The molecular weight excluding hydrogens is 368 g/mol. The molecule has 1 atom stereocenters. The summed E-state index contributed by atoms with van der Waals surface area (Å²) in [4.78, 5) is 15.2. The van der Waals surface area contributed by atoms with Gasteiger partial charge in [-0.25, -0.2) is 13.4 Å². The number of hydrogen-bond acceptors (Lipinski definition) is 6. The van der Waals surface area contributed by atoms with Crippen LogP contribution in [0.2, 0.25) is 0 Å². The van der Waals surface area contributed by atoms with Crippen LogP contribution in [0.4, 0.5) is 11.4 Å². The Morgan fingerprint density at radius 1 is 1.19 bits per heavy atom. The molecule has 3 aromatic rings. The molecule has 0 saturated carbocycles. The van der Waals surface area contributed by atoms with E-state index in [2.05, 4.69) is 10.3 Å². The largest absolute Gasteiger partial charge is 0.366 e. The summed E-state index contributed by atoms with van der Waals surface area (Å²) in [6, 6.07) is 12.8. The normalized spacial score (nSPS) is 12.5. The second kappa shape index (κ2) is 7.20. The summed E-state index contributed by atoms with van der Waals surface area (Å²) in [7, 11) is -1.72. The molecule has 9 heteroatoms. The first kappa shape index (κ1) is 18.6. The molecule has 8 nitrogen and oxygen atoms in total. The second-order valence-corrected chi connectivity index (χ2v) is 8.11. The molecule has 0 fully saturated rings. The number of benzene rings is 2. The van der Waals surface area contributed by atoms with Crippen LogP contribution in [0.1, 0.15) is 17.4 Å². The average Bonchev–Trinajstić information content (AvgIpc) is 3.05. The molecule has 0 bridgehead atoms. The minimum absolute atomic E-state index is 0.104. The highest BCUT2D eigenvalue weighted by molar-refractivity contribution is 7.90. The van der Waals surface area contributed by atoms with Crippen LogP contribution < -0.4 is 5.32 Å². The van der Waals surface area contributed by atoms with Crippen molar-refractivity contribution in [2.24, 2.45) is 7.05 Å². The van der Waals surface area contributed by atoms with Gasteiger partial charge in [0.15, 0.2) is 9.84 Å². The van der Waals surface area contributed by atoms with Crippen molar-refractivity contribution in [1.82, 2.24) is 9.55 Å². The molecule has 1 unspecified atom stereocenters. The molecule has 140 valence electrons. The van der Waals surface area contributed by atoms with Gasteiger partial charge < -0.3 is 9.88 Å². The second-order valence-electron chi connectivity index (χ2n) is 6.09. The third kappa shape index (κ3) is 3.98. The first-order valence-electron chi connectivity index (χ1n) is 8.04. The molecule has 27 heavy (non-hydrogen) atoms. The van der Waals surface area contributed by atoms with Gasteiger partial charge >= 0.3 is 0 Å². The number of aromatic nitrogens is 2. The monoisotopic (exact) mass is 386 g/mol. The van der Waals surface area contributed by atoms with E-state index in [0.717, 1.165) is 17.9 Å². The summed E-state index contributed by atoms with van der Waals surface area (Å²) in [5.41, 5.74) is 0.769. The molecule has 1 N–H and O–H groups in total. The van der Waals surface area contributed by atoms with Gasteiger partial charge in [-0.3, -0.25) is 10.1 Å². The van der Waals surface area contributed by atoms with Gasteiger partial charge in [-0.1, -0.05) is 30.3 Å². The molecule has 0 saturated heterocycles. The molecule has 2 aromatic carbocycles. The standard InChI is InChI=1S/C18H18N4O4S/c1-21-11-10-19-18(21)17(13-6-4-3-5-7-13)20-15-9-8-14(27(2,25)26)12-16(15)22(23)24/h3-12,17,20H,1-2H3. The van der Waals surface area contributed by atoms with Crippen LogP contribution in [0.5, 0.6) is 0 Å². The Hall–Kier alpha value is -3.20. The minimum atomic E-state index is -3.55. The Morgan fingerprint density at radius 3 is 2.44 bits per heavy atom. The fraction of sp³-hybridized carbons (Fsp3) is 0.167. The van der Waals surface area contributed by atoms with Crippen molar-refractivity contribution in [2.45, 2.75) is 10.9 Å². The summed E-state index contributed by atoms with van der Waals surface area (Å²) in [5, 5.41) is 14.7. The van der Waals surface area contributed by atoms with Gasteiger partial charge in [0.2, 0.25) is 0 Å². The van der Waals surface area contributed by atoms with Crippen LogP contribution in [0.3, 0.4) is 0 Å². The summed E-state index contributed by atoms with van der Waals surface area (Å²) < 4.78 is 25.3. The van der Waals surface area contributed by atoms with Gasteiger partial charge in [0.25, 0.3) is 5.69 Å². The van der Waals surface area contributed by atoms with E-state index in [9.17, 15) is 18.5 Å². The van der Waals surface area contributed by atoms with Crippen LogP contribution in [0.15, 0.2) is 65.8 Å². The number of hydrogen-bond donors (Lipinski definition) is 1. The first-order valence-corrected chi connectivity index (χ1v) is 9.93. The molecular formula is C18H18N4O4S. The molecule has 1 heterocycles. The number of imidazole rings is 1. The number of nitro benzene ring substituents is 1.